The van der Waals surface area contributed by atoms with Gasteiger partial charge in [0.15, 0.2) is 0 Å². The van der Waals surface area contributed by atoms with Crippen LogP contribution in [0.25, 0.3) is 0 Å². The number of ether oxygens (including phenoxy) is 1. The van der Waals surface area contributed by atoms with Crippen LogP contribution in [0.3, 0.4) is 0 Å². The van der Waals surface area contributed by atoms with Crippen LogP contribution in [0.5, 0.6) is 0 Å². The molecular formula is C16H17F3O2. The number of carbonyl (C=O) groups is 1. The molecule has 5 heteroatoms. The van der Waals surface area contributed by atoms with E-state index in [4.69, 9.17) is 4.74 Å². The van der Waals surface area contributed by atoms with Gasteiger partial charge in [-0.15, -0.1) is 0 Å². The quantitative estimate of drug-likeness (QED) is 0.773. The van der Waals surface area contributed by atoms with Crippen LogP contribution in [0.15, 0.2) is 41.5 Å². The topological polar surface area (TPSA) is 26.3 Å². The largest absolute Gasteiger partial charge is 0.457 e. The van der Waals surface area contributed by atoms with Gasteiger partial charge < -0.3 is 4.74 Å². The van der Waals surface area contributed by atoms with Crippen molar-refractivity contribution in [3.05, 3.63) is 47.0 Å². The Balaban J connectivity index is 2.00. The van der Waals surface area contributed by atoms with Crippen molar-refractivity contribution in [1.29, 1.82) is 0 Å². The van der Waals surface area contributed by atoms with E-state index in [0.29, 0.717) is 12.0 Å². The average molecular weight is 298 g/mol. The smallest absolute Gasteiger partial charge is 0.392 e. The number of esters is 1. The average Bonchev–Trinajstić information content (AvgIpc) is 2.45. The van der Waals surface area contributed by atoms with Gasteiger partial charge in [-0.2, -0.15) is 13.2 Å². The Morgan fingerprint density at radius 3 is 2.57 bits per heavy atom. The first-order chi connectivity index (χ1) is 9.88. The van der Waals surface area contributed by atoms with Crippen molar-refractivity contribution in [3.63, 3.8) is 0 Å². The van der Waals surface area contributed by atoms with Crippen molar-refractivity contribution < 1.29 is 22.7 Å². The normalized spacial score (nSPS) is 19.5. The summed E-state index contributed by atoms with van der Waals surface area (Å²) in [7, 11) is 0. The fourth-order valence-corrected chi connectivity index (χ4v) is 2.41. The first-order valence-corrected chi connectivity index (χ1v) is 6.84. The standard InChI is InChI=1S/C16H17F3O2/c1-11-7-8-13(16(17,18)19)9-14(11)15(20)21-10-12-5-3-2-4-6-12/h2-6,13H,7-10H2,1H3. The molecule has 1 aromatic rings. The summed E-state index contributed by atoms with van der Waals surface area (Å²) in [5.41, 5.74) is 1.69. The molecule has 0 fully saturated rings. The number of rotatable bonds is 3. The number of carbonyl (C=O) groups excluding carboxylic acids is 1. The number of allylic oxidation sites excluding steroid dienone is 1. The van der Waals surface area contributed by atoms with E-state index in [-0.39, 0.29) is 25.0 Å². The third kappa shape index (κ3) is 4.09. The zero-order valence-corrected chi connectivity index (χ0v) is 11.7. The second-order valence-electron chi connectivity index (χ2n) is 5.30. The molecule has 1 aromatic carbocycles. The Hall–Kier alpha value is -1.78. The molecule has 0 saturated carbocycles. The summed E-state index contributed by atoms with van der Waals surface area (Å²) in [6.45, 7) is 1.78. The van der Waals surface area contributed by atoms with Crippen LogP contribution in [0, 0.1) is 5.92 Å². The van der Waals surface area contributed by atoms with Gasteiger partial charge in [0.05, 0.1) is 5.92 Å². The second kappa shape index (κ2) is 6.33. The zero-order chi connectivity index (χ0) is 15.5. The molecule has 0 aliphatic heterocycles. The Bertz CT molecular complexity index is 532. The van der Waals surface area contributed by atoms with Crippen molar-refractivity contribution in [3.8, 4) is 0 Å². The van der Waals surface area contributed by atoms with E-state index in [1.165, 1.54) is 0 Å². The molecule has 21 heavy (non-hydrogen) atoms. The minimum atomic E-state index is -4.26. The third-order valence-electron chi connectivity index (χ3n) is 3.76. The molecule has 114 valence electrons. The molecule has 0 bridgehead atoms. The van der Waals surface area contributed by atoms with E-state index >= 15 is 0 Å². The van der Waals surface area contributed by atoms with Gasteiger partial charge in [0.1, 0.15) is 6.61 Å². The first kappa shape index (κ1) is 15.6. The minimum absolute atomic E-state index is 0.0464. The van der Waals surface area contributed by atoms with Crippen LogP contribution < -0.4 is 0 Å². The van der Waals surface area contributed by atoms with Gasteiger partial charge >= 0.3 is 12.1 Å². The summed E-state index contributed by atoms with van der Waals surface area (Å²) in [5, 5.41) is 0. The summed E-state index contributed by atoms with van der Waals surface area (Å²) in [6.07, 6.45) is -4.20. The Morgan fingerprint density at radius 2 is 1.95 bits per heavy atom. The van der Waals surface area contributed by atoms with Gasteiger partial charge in [-0.3, -0.25) is 0 Å². The van der Waals surface area contributed by atoms with Gasteiger partial charge in [0, 0.05) is 5.57 Å². The maximum atomic E-state index is 12.8. The molecule has 0 amide bonds. The minimum Gasteiger partial charge on any atom is -0.457 e. The monoisotopic (exact) mass is 298 g/mol. The summed E-state index contributed by atoms with van der Waals surface area (Å²) in [4.78, 5) is 12.0. The van der Waals surface area contributed by atoms with E-state index in [0.717, 1.165) is 5.56 Å². The summed E-state index contributed by atoms with van der Waals surface area (Å²) >= 11 is 0. The Morgan fingerprint density at radius 1 is 1.29 bits per heavy atom. The van der Waals surface area contributed by atoms with Crippen molar-refractivity contribution in [2.24, 2.45) is 5.92 Å². The fourth-order valence-electron chi connectivity index (χ4n) is 2.41. The van der Waals surface area contributed by atoms with Gasteiger partial charge in [-0.05, 0) is 31.7 Å². The lowest BCUT2D eigenvalue weighted by Crippen LogP contribution is -2.28. The molecule has 0 N–H and O–H groups in total. The summed E-state index contributed by atoms with van der Waals surface area (Å²) in [5.74, 6) is -2.08. The number of halogens is 3. The van der Waals surface area contributed by atoms with E-state index in [2.05, 4.69) is 0 Å². The number of benzene rings is 1. The molecule has 2 rings (SSSR count). The lowest BCUT2D eigenvalue weighted by molar-refractivity contribution is -0.177. The van der Waals surface area contributed by atoms with E-state index in [9.17, 15) is 18.0 Å². The molecule has 0 spiro atoms. The molecule has 0 heterocycles. The van der Waals surface area contributed by atoms with Crippen molar-refractivity contribution in [1.82, 2.24) is 0 Å². The van der Waals surface area contributed by atoms with Crippen LogP contribution in [0.2, 0.25) is 0 Å². The van der Waals surface area contributed by atoms with E-state index in [1.807, 2.05) is 18.2 Å². The molecule has 2 nitrogen and oxygen atoms in total. The highest BCUT2D eigenvalue weighted by Gasteiger charge is 2.42. The van der Waals surface area contributed by atoms with Crippen LogP contribution in [-0.2, 0) is 16.1 Å². The molecular weight excluding hydrogens is 281 g/mol. The van der Waals surface area contributed by atoms with E-state index in [1.54, 1.807) is 19.1 Å². The highest BCUT2D eigenvalue weighted by Crippen LogP contribution is 2.40. The van der Waals surface area contributed by atoms with Crippen LogP contribution >= 0.6 is 0 Å². The lowest BCUT2D eigenvalue weighted by atomic mass is 9.84. The number of hydrogen-bond donors (Lipinski definition) is 0. The first-order valence-electron chi connectivity index (χ1n) is 6.84. The SMILES string of the molecule is CC1=C(C(=O)OCc2ccccc2)CC(C(F)(F)F)CC1. The summed E-state index contributed by atoms with van der Waals surface area (Å²) < 4.78 is 43.5. The third-order valence-corrected chi connectivity index (χ3v) is 3.76. The molecule has 0 saturated heterocycles. The maximum Gasteiger partial charge on any atom is 0.392 e. The van der Waals surface area contributed by atoms with Gasteiger partial charge in [0.2, 0.25) is 0 Å². The van der Waals surface area contributed by atoms with E-state index < -0.39 is 18.1 Å². The van der Waals surface area contributed by atoms with Gasteiger partial charge in [-0.1, -0.05) is 35.9 Å². The summed E-state index contributed by atoms with van der Waals surface area (Å²) in [6, 6.07) is 9.07. The maximum absolute atomic E-state index is 12.8. The fraction of sp³-hybridized carbons (Fsp3) is 0.438. The Kier molecular flexibility index (Phi) is 4.70. The van der Waals surface area contributed by atoms with Crippen molar-refractivity contribution in [2.45, 2.75) is 39.0 Å². The van der Waals surface area contributed by atoms with Gasteiger partial charge in [-0.25, -0.2) is 4.79 Å². The Labute approximate surface area is 121 Å². The number of alkyl halides is 3. The predicted octanol–water partition coefficient (Wildman–Crippen LogP) is 4.41. The molecule has 1 aliphatic rings. The zero-order valence-electron chi connectivity index (χ0n) is 11.7. The van der Waals surface area contributed by atoms with Crippen LogP contribution in [0.1, 0.15) is 31.7 Å². The van der Waals surface area contributed by atoms with Crippen LogP contribution in [-0.4, -0.2) is 12.1 Å². The highest BCUT2D eigenvalue weighted by atomic mass is 19.4. The van der Waals surface area contributed by atoms with Crippen molar-refractivity contribution >= 4 is 5.97 Å². The predicted molar refractivity (Wildman–Crippen MR) is 72.3 cm³/mol. The molecule has 1 aliphatic carbocycles. The molecule has 0 aromatic heterocycles. The highest BCUT2D eigenvalue weighted by molar-refractivity contribution is 5.89. The molecule has 0 radical (unpaired) electrons. The lowest BCUT2D eigenvalue weighted by Gasteiger charge is -2.26. The van der Waals surface area contributed by atoms with Crippen LogP contribution in [0.4, 0.5) is 13.2 Å². The second-order valence-corrected chi connectivity index (χ2v) is 5.30. The molecule has 1 atom stereocenters. The molecule has 1 unspecified atom stereocenters. The van der Waals surface area contributed by atoms with Gasteiger partial charge in [0.25, 0.3) is 0 Å². The van der Waals surface area contributed by atoms with Crippen molar-refractivity contribution in [2.75, 3.05) is 0 Å². The number of hydrogen-bond acceptors (Lipinski definition) is 2.